The average molecular weight is 431 g/mol. The van der Waals surface area contributed by atoms with Crippen LogP contribution in [-0.4, -0.2) is 26.4 Å². The van der Waals surface area contributed by atoms with Crippen LogP contribution in [0.5, 0.6) is 0 Å². The molecule has 1 atom stereocenters. The van der Waals surface area contributed by atoms with Crippen LogP contribution < -0.4 is 5.32 Å². The van der Waals surface area contributed by atoms with Crippen LogP contribution in [0, 0.1) is 17.6 Å². The standard InChI is InChI=1S/C22H24F2N4OS/c1-14(2)12-28-21(18-6-4-5-7-19(18)24)26-27-22(28)30-13-20(29)25-15(3)16-8-10-17(23)11-9-16/h4-11,14-15H,12-13H2,1-3H3,(H,25,29)/t15-/m0/s1. The highest BCUT2D eigenvalue weighted by molar-refractivity contribution is 7.99. The van der Waals surface area contributed by atoms with Crippen molar-refractivity contribution >= 4 is 17.7 Å². The predicted octanol–water partition coefficient (Wildman–Crippen LogP) is 4.85. The van der Waals surface area contributed by atoms with E-state index in [-0.39, 0.29) is 35.3 Å². The van der Waals surface area contributed by atoms with E-state index in [2.05, 4.69) is 29.4 Å². The van der Waals surface area contributed by atoms with Gasteiger partial charge in [0.1, 0.15) is 11.6 Å². The molecule has 1 heterocycles. The molecular weight excluding hydrogens is 406 g/mol. The smallest absolute Gasteiger partial charge is 0.230 e. The van der Waals surface area contributed by atoms with E-state index in [0.29, 0.717) is 23.1 Å². The topological polar surface area (TPSA) is 59.8 Å². The summed E-state index contributed by atoms with van der Waals surface area (Å²) in [6.45, 7) is 6.55. The largest absolute Gasteiger partial charge is 0.349 e. The van der Waals surface area contributed by atoms with Crippen molar-refractivity contribution in [3.63, 3.8) is 0 Å². The first-order valence-corrected chi connectivity index (χ1v) is 10.7. The Bertz CT molecular complexity index is 1000. The molecule has 0 aliphatic heterocycles. The minimum absolute atomic E-state index is 0.138. The van der Waals surface area contributed by atoms with E-state index >= 15 is 0 Å². The number of hydrogen-bond donors (Lipinski definition) is 1. The highest BCUT2D eigenvalue weighted by Crippen LogP contribution is 2.27. The summed E-state index contributed by atoms with van der Waals surface area (Å²) < 4.78 is 29.2. The molecule has 1 aromatic heterocycles. The van der Waals surface area contributed by atoms with Crippen LogP contribution in [0.3, 0.4) is 0 Å². The zero-order chi connectivity index (χ0) is 21.7. The summed E-state index contributed by atoms with van der Waals surface area (Å²) in [7, 11) is 0. The van der Waals surface area contributed by atoms with Gasteiger partial charge in [0.2, 0.25) is 5.91 Å². The number of carbonyl (C=O) groups excluding carboxylic acids is 1. The van der Waals surface area contributed by atoms with Crippen LogP contribution in [-0.2, 0) is 11.3 Å². The van der Waals surface area contributed by atoms with Gasteiger partial charge in [-0.25, -0.2) is 8.78 Å². The maximum Gasteiger partial charge on any atom is 0.230 e. The number of carbonyl (C=O) groups is 1. The minimum atomic E-state index is -0.364. The summed E-state index contributed by atoms with van der Waals surface area (Å²) >= 11 is 1.25. The third kappa shape index (κ3) is 5.44. The van der Waals surface area contributed by atoms with Crippen molar-refractivity contribution in [2.75, 3.05) is 5.75 Å². The van der Waals surface area contributed by atoms with Crippen LogP contribution in [0.25, 0.3) is 11.4 Å². The molecule has 5 nitrogen and oxygen atoms in total. The van der Waals surface area contributed by atoms with E-state index in [1.807, 2.05) is 11.5 Å². The van der Waals surface area contributed by atoms with Gasteiger partial charge < -0.3 is 9.88 Å². The first-order chi connectivity index (χ1) is 14.3. The summed E-state index contributed by atoms with van der Waals surface area (Å²) in [6.07, 6.45) is 0. The van der Waals surface area contributed by atoms with Gasteiger partial charge in [0, 0.05) is 6.54 Å². The lowest BCUT2D eigenvalue weighted by Crippen LogP contribution is -2.28. The van der Waals surface area contributed by atoms with Crippen LogP contribution in [0.1, 0.15) is 32.4 Å². The average Bonchev–Trinajstić information content (AvgIpc) is 3.09. The Kier molecular flexibility index (Phi) is 7.20. The molecule has 158 valence electrons. The summed E-state index contributed by atoms with van der Waals surface area (Å²) in [5, 5.41) is 11.8. The van der Waals surface area contributed by atoms with E-state index < -0.39 is 0 Å². The highest BCUT2D eigenvalue weighted by atomic mass is 32.2. The third-order valence-electron chi connectivity index (χ3n) is 4.46. The molecule has 0 radical (unpaired) electrons. The van der Waals surface area contributed by atoms with Crippen molar-refractivity contribution < 1.29 is 13.6 Å². The van der Waals surface area contributed by atoms with Crippen LogP contribution in [0.2, 0.25) is 0 Å². The molecule has 0 aliphatic rings. The molecule has 0 saturated carbocycles. The van der Waals surface area contributed by atoms with Gasteiger partial charge in [-0.05, 0) is 42.7 Å². The van der Waals surface area contributed by atoms with Gasteiger partial charge in [0.15, 0.2) is 11.0 Å². The van der Waals surface area contributed by atoms with Gasteiger partial charge in [0.25, 0.3) is 0 Å². The van der Waals surface area contributed by atoms with E-state index in [0.717, 1.165) is 5.56 Å². The zero-order valence-corrected chi connectivity index (χ0v) is 17.9. The predicted molar refractivity (Wildman–Crippen MR) is 114 cm³/mol. The van der Waals surface area contributed by atoms with Crippen molar-refractivity contribution in [1.29, 1.82) is 0 Å². The second kappa shape index (κ2) is 9.84. The molecule has 0 aliphatic carbocycles. The van der Waals surface area contributed by atoms with Crippen molar-refractivity contribution in [3.05, 3.63) is 65.7 Å². The molecule has 0 spiro atoms. The number of halogens is 2. The van der Waals surface area contributed by atoms with Gasteiger partial charge in [-0.15, -0.1) is 10.2 Å². The Morgan fingerprint density at radius 2 is 1.77 bits per heavy atom. The normalized spacial score (nSPS) is 12.2. The van der Waals surface area contributed by atoms with Crippen molar-refractivity contribution in [2.45, 2.75) is 38.5 Å². The monoisotopic (exact) mass is 430 g/mol. The molecule has 30 heavy (non-hydrogen) atoms. The number of benzene rings is 2. The fourth-order valence-corrected chi connectivity index (χ4v) is 3.77. The molecular formula is C22H24F2N4OS. The summed E-state index contributed by atoms with van der Waals surface area (Å²) in [5.74, 6) is 0.0187. The van der Waals surface area contributed by atoms with Gasteiger partial charge in [-0.3, -0.25) is 4.79 Å². The number of rotatable bonds is 8. The molecule has 0 saturated heterocycles. The third-order valence-corrected chi connectivity index (χ3v) is 5.43. The lowest BCUT2D eigenvalue weighted by atomic mass is 10.1. The van der Waals surface area contributed by atoms with Crippen molar-refractivity contribution in [3.8, 4) is 11.4 Å². The van der Waals surface area contributed by atoms with Gasteiger partial charge >= 0.3 is 0 Å². The summed E-state index contributed by atoms with van der Waals surface area (Å²) in [6, 6.07) is 12.2. The quantitative estimate of drug-likeness (QED) is 0.519. The summed E-state index contributed by atoms with van der Waals surface area (Å²) in [5.41, 5.74) is 1.20. The minimum Gasteiger partial charge on any atom is -0.349 e. The summed E-state index contributed by atoms with van der Waals surface area (Å²) in [4.78, 5) is 12.4. The number of thioether (sulfide) groups is 1. The van der Waals surface area contributed by atoms with E-state index in [9.17, 15) is 13.6 Å². The fraction of sp³-hybridized carbons (Fsp3) is 0.318. The Labute approximate surface area is 178 Å². The first-order valence-electron chi connectivity index (χ1n) is 9.71. The SMILES string of the molecule is CC(C)Cn1c(SCC(=O)N[C@@H](C)c2ccc(F)cc2)nnc1-c1ccccc1F. The fourth-order valence-electron chi connectivity index (χ4n) is 3.02. The number of hydrogen-bond acceptors (Lipinski definition) is 4. The van der Waals surface area contributed by atoms with Crippen LogP contribution in [0.4, 0.5) is 8.78 Å². The number of nitrogens with one attached hydrogen (secondary N) is 1. The lowest BCUT2D eigenvalue weighted by molar-refractivity contribution is -0.119. The maximum atomic E-state index is 14.3. The Morgan fingerprint density at radius 1 is 1.07 bits per heavy atom. The Morgan fingerprint density at radius 3 is 2.43 bits per heavy atom. The second-order valence-electron chi connectivity index (χ2n) is 7.42. The second-order valence-corrected chi connectivity index (χ2v) is 8.36. The highest BCUT2D eigenvalue weighted by Gasteiger charge is 2.19. The van der Waals surface area contributed by atoms with Gasteiger partial charge in [0.05, 0.1) is 17.4 Å². The molecule has 3 rings (SSSR count). The molecule has 3 aromatic rings. The number of amides is 1. The van der Waals surface area contributed by atoms with Gasteiger partial charge in [-0.1, -0.05) is 49.9 Å². The molecule has 0 bridgehead atoms. The van der Waals surface area contributed by atoms with Gasteiger partial charge in [-0.2, -0.15) is 0 Å². The molecule has 2 aromatic carbocycles. The molecule has 1 amide bonds. The maximum absolute atomic E-state index is 14.3. The van der Waals surface area contributed by atoms with Crippen molar-refractivity contribution in [2.24, 2.45) is 5.92 Å². The molecule has 0 fully saturated rings. The lowest BCUT2D eigenvalue weighted by Gasteiger charge is -2.15. The molecule has 1 N–H and O–H groups in total. The zero-order valence-electron chi connectivity index (χ0n) is 17.1. The van der Waals surface area contributed by atoms with E-state index in [4.69, 9.17) is 0 Å². The number of aromatic nitrogens is 3. The Hall–Kier alpha value is -2.74. The first kappa shape index (κ1) is 22.0. The van der Waals surface area contributed by atoms with E-state index in [1.54, 1.807) is 30.3 Å². The number of nitrogens with zero attached hydrogens (tertiary/aromatic N) is 3. The van der Waals surface area contributed by atoms with E-state index in [1.165, 1.54) is 30.0 Å². The van der Waals surface area contributed by atoms with Crippen LogP contribution >= 0.6 is 11.8 Å². The Balaban J connectivity index is 1.71. The van der Waals surface area contributed by atoms with Crippen LogP contribution in [0.15, 0.2) is 53.7 Å². The van der Waals surface area contributed by atoms with Crippen molar-refractivity contribution in [1.82, 2.24) is 20.1 Å². The molecule has 8 heteroatoms. The molecule has 0 unspecified atom stereocenters.